The van der Waals surface area contributed by atoms with Gasteiger partial charge in [-0.3, -0.25) is 4.79 Å². The zero-order valence-electron chi connectivity index (χ0n) is 12.2. The predicted octanol–water partition coefficient (Wildman–Crippen LogP) is 2.64. The predicted molar refractivity (Wildman–Crippen MR) is 73.2 cm³/mol. The van der Waals surface area contributed by atoms with Crippen LogP contribution < -0.4 is 0 Å². The summed E-state index contributed by atoms with van der Waals surface area (Å²) in [4.78, 5) is 13.5. The van der Waals surface area contributed by atoms with Gasteiger partial charge in [0.05, 0.1) is 18.7 Å². The van der Waals surface area contributed by atoms with Gasteiger partial charge in [0.25, 0.3) is 0 Å². The fourth-order valence-electron chi connectivity index (χ4n) is 2.24. The number of benzene rings is 1. The van der Waals surface area contributed by atoms with Crippen molar-refractivity contribution in [2.24, 2.45) is 0 Å². The van der Waals surface area contributed by atoms with Gasteiger partial charge < -0.3 is 14.4 Å². The highest BCUT2D eigenvalue weighted by Crippen LogP contribution is 2.31. The van der Waals surface area contributed by atoms with E-state index in [1.54, 1.807) is 11.8 Å². The Bertz CT molecular complexity index is 502. The molecule has 0 aliphatic carbocycles. The largest absolute Gasteiger partial charge is 0.416 e. The molecule has 0 bridgehead atoms. The zero-order chi connectivity index (χ0) is 16.2. The fraction of sp³-hybridized carbons (Fsp3) is 0.533. The normalized spacial score (nSPS) is 19.3. The molecule has 1 aromatic rings. The van der Waals surface area contributed by atoms with Crippen molar-refractivity contribution in [3.05, 3.63) is 35.4 Å². The second kappa shape index (κ2) is 7.11. The second-order valence-corrected chi connectivity index (χ2v) is 4.96. The number of carbonyl (C=O) groups excluding carboxylic acids is 1. The summed E-state index contributed by atoms with van der Waals surface area (Å²) in [6.07, 6.45) is -4.77. The quantitative estimate of drug-likeness (QED) is 0.857. The lowest BCUT2D eigenvalue weighted by atomic mass is 10.1. The summed E-state index contributed by atoms with van der Waals surface area (Å²) in [5.41, 5.74) is -0.0711. The summed E-state index contributed by atoms with van der Waals surface area (Å²) >= 11 is 0. The molecule has 1 aromatic carbocycles. The molecule has 2 rings (SSSR count). The molecule has 1 aliphatic heterocycles. The molecule has 0 N–H and O–H groups in total. The van der Waals surface area contributed by atoms with Crippen LogP contribution in [-0.2, 0) is 20.4 Å². The maximum Gasteiger partial charge on any atom is 0.416 e. The van der Waals surface area contributed by atoms with Gasteiger partial charge in [-0.15, -0.1) is 0 Å². The van der Waals surface area contributed by atoms with Gasteiger partial charge >= 0.3 is 6.18 Å². The zero-order valence-corrected chi connectivity index (χ0v) is 12.2. The minimum Gasteiger partial charge on any atom is -0.372 e. The van der Waals surface area contributed by atoms with Crippen LogP contribution >= 0.6 is 0 Å². The van der Waals surface area contributed by atoms with E-state index in [0.717, 1.165) is 12.1 Å². The first kappa shape index (κ1) is 16.8. The van der Waals surface area contributed by atoms with Crippen LogP contribution in [0, 0.1) is 0 Å². The number of ether oxygens (including phenoxy) is 2. The number of morpholine rings is 1. The first-order valence-electron chi connectivity index (χ1n) is 7.06. The number of halogens is 3. The van der Waals surface area contributed by atoms with Crippen LogP contribution in [-0.4, -0.2) is 43.7 Å². The third-order valence-corrected chi connectivity index (χ3v) is 3.46. The van der Waals surface area contributed by atoms with Crippen LogP contribution in [0.3, 0.4) is 0 Å². The SMILES string of the molecule is CCOCC(=O)N1CCO[C@H](c2ccc(C(F)(F)F)cc2)C1. The lowest BCUT2D eigenvalue weighted by molar-refractivity contribution is -0.143. The highest BCUT2D eigenvalue weighted by atomic mass is 19.4. The summed E-state index contributed by atoms with van der Waals surface area (Å²) < 4.78 is 48.3. The van der Waals surface area contributed by atoms with Crippen molar-refractivity contribution >= 4 is 5.91 Å². The second-order valence-electron chi connectivity index (χ2n) is 4.96. The molecule has 1 heterocycles. The van der Waals surface area contributed by atoms with Crippen molar-refractivity contribution in [2.75, 3.05) is 32.9 Å². The van der Waals surface area contributed by atoms with Crippen LogP contribution in [0.15, 0.2) is 24.3 Å². The van der Waals surface area contributed by atoms with E-state index in [1.165, 1.54) is 12.1 Å². The minimum absolute atomic E-state index is 0.0102. The molecule has 0 unspecified atom stereocenters. The maximum absolute atomic E-state index is 12.6. The Labute approximate surface area is 126 Å². The number of nitrogens with zero attached hydrogens (tertiary/aromatic N) is 1. The van der Waals surface area contributed by atoms with Crippen molar-refractivity contribution in [1.29, 1.82) is 0 Å². The number of hydrogen-bond acceptors (Lipinski definition) is 3. The van der Waals surface area contributed by atoms with Gasteiger partial charge in [0.1, 0.15) is 12.7 Å². The number of carbonyl (C=O) groups is 1. The molecular formula is C15H18F3NO3. The number of hydrogen-bond donors (Lipinski definition) is 0. The maximum atomic E-state index is 12.6. The van der Waals surface area contributed by atoms with E-state index in [-0.39, 0.29) is 12.5 Å². The number of rotatable bonds is 4. The van der Waals surface area contributed by atoms with Crippen LogP contribution in [0.1, 0.15) is 24.2 Å². The Morgan fingerprint density at radius 3 is 2.64 bits per heavy atom. The van der Waals surface area contributed by atoms with E-state index < -0.39 is 17.8 Å². The highest BCUT2D eigenvalue weighted by Gasteiger charge is 2.31. The average molecular weight is 317 g/mol. The van der Waals surface area contributed by atoms with Crippen molar-refractivity contribution in [1.82, 2.24) is 4.90 Å². The molecule has 0 radical (unpaired) electrons. The minimum atomic E-state index is -4.36. The third kappa shape index (κ3) is 4.20. The van der Waals surface area contributed by atoms with Gasteiger partial charge in [-0.1, -0.05) is 12.1 Å². The summed E-state index contributed by atoms with van der Waals surface area (Å²) in [5, 5.41) is 0. The van der Waals surface area contributed by atoms with Crippen molar-refractivity contribution in [3.8, 4) is 0 Å². The molecular weight excluding hydrogens is 299 g/mol. The first-order chi connectivity index (χ1) is 10.4. The Balaban J connectivity index is 2.01. The Kier molecular flexibility index (Phi) is 5.42. The molecule has 1 aliphatic rings. The molecule has 1 atom stereocenters. The van der Waals surface area contributed by atoms with E-state index in [1.807, 2.05) is 0 Å². The standard InChI is InChI=1S/C15H18F3NO3/c1-2-21-10-14(20)19-7-8-22-13(9-19)11-3-5-12(6-4-11)15(16,17)18/h3-6,13H,2,7-10H2,1H3/t13-/m0/s1. The lowest BCUT2D eigenvalue weighted by Crippen LogP contribution is -2.43. The van der Waals surface area contributed by atoms with E-state index in [9.17, 15) is 18.0 Å². The van der Waals surface area contributed by atoms with E-state index in [2.05, 4.69) is 0 Å². The number of alkyl halides is 3. The Hall–Kier alpha value is -1.60. The first-order valence-corrected chi connectivity index (χ1v) is 7.06. The summed E-state index contributed by atoms with van der Waals surface area (Å²) in [5.74, 6) is -0.137. The molecule has 0 aromatic heterocycles. The molecule has 122 valence electrons. The topological polar surface area (TPSA) is 38.8 Å². The number of amides is 1. The van der Waals surface area contributed by atoms with E-state index in [4.69, 9.17) is 9.47 Å². The molecule has 22 heavy (non-hydrogen) atoms. The van der Waals surface area contributed by atoms with E-state index >= 15 is 0 Å². The molecule has 4 nitrogen and oxygen atoms in total. The Morgan fingerprint density at radius 2 is 2.05 bits per heavy atom. The third-order valence-electron chi connectivity index (χ3n) is 3.46. The Morgan fingerprint density at radius 1 is 1.36 bits per heavy atom. The van der Waals surface area contributed by atoms with E-state index in [0.29, 0.717) is 31.9 Å². The van der Waals surface area contributed by atoms with Crippen molar-refractivity contribution < 1.29 is 27.4 Å². The summed E-state index contributed by atoms with van der Waals surface area (Å²) in [6, 6.07) is 4.84. The molecule has 1 saturated heterocycles. The molecule has 0 spiro atoms. The fourth-order valence-corrected chi connectivity index (χ4v) is 2.24. The lowest BCUT2D eigenvalue weighted by Gasteiger charge is -2.33. The monoisotopic (exact) mass is 317 g/mol. The summed E-state index contributed by atoms with van der Waals surface area (Å²) in [7, 11) is 0. The molecule has 1 amide bonds. The molecule has 1 fully saturated rings. The van der Waals surface area contributed by atoms with Crippen LogP contribution in [0.25, 0.3) is 0 Å². The van der Waals surface area contributed by atoms with Gasteiger partial charge in [-0.05, 0) is 24.6 Å². The highest BCUT2D eigenvalue weighted by molar-refractivity contribution is 5.77. The van der Waals surface area contributed by atoms with Gasteiger partial charge in [0, 0.05) is 13.2 Å². The molecule has 0 saturated carbocycles. The van der Waals surface area contributed by atoms with Crippen molar-refractivity contribution in [3.63, 3.8) is 0 Å². The van der Waals surface area contributed by atoms with Gasteiger partial charge in [0.2, 0.25) is 5.91 Å². The smallest absolute Gasteiger partial charge is 0.372 e. The van der Waals surface area contributed by atoms with Crippen molar-refractivity contribution in [2.45, 2.75) is 19.2 Å². The van der Waals surface area contributed by atoms with Gasteiger partial charge in [-0.2, -0.15) is 13.2 Å². The summed E-state index contributed by atoms with van der Waals surface area (Å²) in [6.45, 7) is 3.40. The van der Waals surface area contributed by atoms with Crippen LogP contribution in [0.2, 0.25) is 0 Å². The van der Waals surface area contributed by atoms with Crippen LogP contribution in [0.5, 0.6) is 0 Å². The average Bonchev–Trinajstić information content (AvgIpc) is 2.52. The van der Waals surface area contributed by atoms with Gasteiger partial charge in [0.15, 0.2) is 0 Å². The molecule has 7 heteroatoms. The van der Waals surface area contributed by atoms with Crippen LogP contribution in [0.4, 0.5) is 13.2 Å². The van der Waals surface area contributed by atoms with Gasteiger partial charge in [-0.25, -0.2) is 0 Å².